The molecule has 0 saturated heterocycles. The number of hydrogen-bond donors (Lipinski definition) is 2. The van der Waals surface area contributed by atoms with Crippen LogP contribution in [0.2, 0.25) is 5.02 Å². The van der Waals surface area contributed by atoms with E-state index in [9.17, 15) is 13.0 Å². The average molecular weight is 553 g/mol. The molecule has 0 atom stereocenters. The molecule has 0 unspecified atom stereocenters. The summed E-state index contributed by atoms with van der Waals surface area (Å²) in [5, 5.41) is 9.79. The summed E-state index contributed by atoms with van der Waals surface area (Å²) in [6.45, 7) is 2.02. The van der Waals surface area contributed by atoms with E-state index in [0.29, 0.717) is 21.5 Å². The smallest absolute Gasteiger partial charge is 1.00 e. The molecule has 5 rings (SSSR count). The number of halogens is 1. The van der Waals surface area contributed by atoms with Gasteiger partial charge in [0.1, 0.15) is 16.3 Å². The van der Waals surface area contributed by atoms with Crippen molar-refractivity contribution in [3.8, 4) is 22.4 Å². The van der Waals surface area contributed by atoms with Crippen molar-refractivity contribution >= 4 is 49.6 Å². The molecule has 7 nitrogen and oxygen atoms in total. The number of nitrogens with two attached hydrogens (primary N) is 1. The maximum atomic E-state index is 12.0. The molecule has 1 heterocycles. The summed E-state index contributed by atoms with van der Waals surface area (Å²) in [5.41, 5.74) is 11.9. The molecule has 10 heteroatoms. The van der Waals surface area contributed by atoms with Crippen LogP contribution < -0.4 is 35.3 Å². The van der Waals surface area contributed by atoms with Crippen LogP contribution in [0.1, 0.15) is 6.99 Å². The largest absolute Gasteiger partial charge is 1.00 e. The summed E-state index contributed by atoms with van der Waals surface area (Å²) < 4.78 is 33.6. The summed E-state index contributed by atoms with van der Waals surface area (Å²) in [7, 11) is -4.50. The van der Waals surface area contributed by atoms with E-state index in [4.69, 9.17) is 17.3 Å². The van der Waals surface area contributed by atoms with Gasteiger partial charge < -0.3 is 7.16 Å². The molecule has 4 aromatic carbocycles. The Balaban J connectivity index is 0.00000210. The normalized spacial score (nSPS) is 11.6. The van der Waals surface area contributed by atoms with E-state index < -0.39 is 10.1 Å². The summed E-state index contributed by atoms with van der Waals surface area (Å²) in [5.74, 6) is 0. The van der Waals surface area contributed by atoms with Crippen molar-refractivity contribution in [3.05, 3.63) is 102 Å². The maximum Gasteiger partial charge on any atom is 1.00 e. The van der Waals surface area contributed by atoms with Crippen LogP contribution in [-0.4, -0.2) is 18.0 Å². The molecule has 0 aliphatic carbocycles. The van der Waals surface area contributed by atoms with Gasteiger partial charge in [-0.15, -0.1) is 10.2 Å². The molecule has 3 N–H and O–H groups in total. The van der Waals surface area contributed by atoms with E-state index in [2.05, 4.69) is 27.3 Å². The minimum atomic E-state index is -4.50. The fraction of sp³-hybridized carbons (Fsp3) is 0.0357. The zero-order valence-electron chi connectivity index (χ0n) is 21.6. The van der Waals surface area contributed by atoms with Gasteiger partial charge in [0.05, 0.1) is 17.6 Å². The van der Waals surface area contributed by atoms with Crippen LogP contribution in [0.5, 0.6) is 0 Å². The van der Waals surface area contributed by atoms with Crippen molar-refractivity contribution in [3.63, 3.8) is 0 Å². The van der Waals surface area contributed by atoms with Gasteiger partial charge in [-0.25, -0.2) is 0 Å². The standard InChI is InChI=1S/C28H21ClN4O3S.Na.H/c1-17-6-12-21(18-7-9-19(29)10-8-18)24(14-17)25-13-11-20(16-31-25)32-33-26-15-27(37(34,35)36)22-4-2-3-5-23(22)28(26)30;;/h2-16H,30H2,1H3,(H,34,35,36);;/q;+1;-1. The molecule has 0 spiro atoms. The third kappa shape index (κ3) is 5.81. The molecule has 1 aromatic heterocycles. The molecular weight excluding hydrogens is 531 g/mol. The summed E-state index contributed by atoms with van der Waals surface area (Å²) in [6, 6.07) is 25.2. The first kappa shape index (κ1) is 27.9. The fourth-order valence-electron chi connectivity index (χ4n) is 4.11. The van der Waals surface area contributed by atoms with Crippen LogP contribution in [0.4, 0.5) is 17.1 Å². The Labute approximate surface area is 248 Å². The van der Waals surface area contributed by atoms with Gasteiger partial charge in [-0.05, 0) is 54.4 Å². The molecule has 0 aliphatic rings. The van der Waals surface area contributed by atoms with Gasteiger partial charge in [-0.1, -0.05) is 65.7 Å². The Bertz CT molecular complexity index is 1780. The van der Waals surface area contributed by atoms with Gasteiger partial charge in [-0.3, -0.25) is 9.54 Å². The predicted molar refractivity (Wildman–Crippen MR) is 148 cm³/mol. The van der Waals surface area contributed by atoms with Gasteiger partial charge in [0.25, 0.3) is 10.1 Å². The van der Waals surface area contributed by atoms with Crippen LogP contribution in [0, 0.1) is 6.92 Å². The Morgan fingerprint density at radius 2 is 1.61 bits per heavy atom. The molecule has 0 radical (unpaired) electrons. The fourth-order valence-corrected chi connectivity index (χ4v) is 4.96. The van der Waals surface area contributed by atoms with Gasteiger partial charge in [0.15, 0.2) is 0 Å². The van der Waals surface area contributed by atoms with Crippen molar-refractivity contribution in [1.82, 2.24) is 4.98 Å². The van der Waals surface area contributed by atoms with Crippen LogP contribution in [0.25, 0.3) is 33.2 Å². The number of fused-ring (bicyclic) bond motifs is 1. The van der Waals surface area contributed by atoms with Crippen molar-refractivity contribution in [1.29, 1.82) is 0 Å². The monoisotopic (exact) mass is 552 g/mol. The van der Waals surface area contributed by atoms with E-state index in [1.807, 2.05) is 43.3 Å². The Kier molecular flexibility index (Phi) is 8.32. The number of benzene rings is 4. The van der Waals surface area contributed by atoms with E-state index in [1.54, 1.807) is 36.5 Å². The zero-order valence-corrected chi connectivity index (χ0v) is 24.2. The zero-order chi connectivity index (χ0) is 26.2. The van der Waals surface area contributed by atoms with E-state index in [1.165, 1.54) is 6.07 Å². The van der Waals surface area contributed by atoms with Crippen LogP contribution >= 0.6 is 11.6 Å². The number of nitrogens with zero attached hydrogens (tertiary/aromatic N) is 3. The van der Waals surface area contributed by atoms with Crippen molar-refractivity contribution in [2.75, 3.05) is 5.73 Å². The first-order valence-corrected chi connectivity index (χ1v) is 13.1. The van der Waals surface area contributed by atoms with Crippen LogP contribution in [-0.2, 0) is 10.1 Å². The Hall–Kier alpha value is -3.11. The molecular formula is C28H22ClN4NaO3S. The van der Waals surface area contributed by atoms with Gasteiger partial charge >= 0.3 is 29.6 Å². The number of nitrogen functional groups attached to an aromatic ring is 1. The van der Waals surface area contributed by atoms with Gasteiger partial charge in [0.2, 0.25) is 0 Å². The molecule has 38 heavy (non-hydrogen) atoms. The van der Waals surface area contributed by atoms with Crippen molar-refractivity contribution in [2.24, 2.45) is 10.2 Å². The number of pyridine rings is 1. The Morgan fingerprint density at radius 3 is 2.26 bits per heavy atom. The number of hydrogen-bond acceptors (Lipinski definition) is 6. The van der Waals surface area contributed by atoms with Crippen LogP contribution in [0.3, 0.4) is 0 Å². The van der Waals surface area contributed by atoms with Crippen molar-refractivity contribution < 1.29 is 44.0 Å². The topological polar surface area (TPSA) is 118 Å². The van der Waals surface area contributed by atoms with E-state index >= 15 is 0 Å². The van der Waals surface area contributed by atoms with E-state index in [-0.39, 0.29) is 47.3 Å². The molecule has 0 saturated carbocycles. The van der Waals surface area contributed by atoms with Crippen LogP contribution in [0.15, 0.2) is 106 Å². The third-order valence-electron chi connectivity index (χ3n) is 5.93. The third-order valence-corrected chi connectivity index (χ3v) is 7.08. The second kappa shape index (κ2) is 11.3. The summed E-state index contributed by atoms with van der Waals surface area (Å²) in [6.07, 6.45) is 1.58. The number of rotatable bonds is 5. The average Bonchev–Trinajstić information content (AvgIpc) is 2.88. The number of anilines is 1. The minimum Gasteiger partial charge on any atom is -1.00 e. The number of aryl methyl sites for hydroxylation is 1. The first-order chi connectivity index (χ1) is 17.7. The second-order valence-electron chi connectivity index (χ2n) is 8.49. The van der Waals surface area contributed by atoms with E-state index in [0.717, 1.165) is 27.9 Å². The molecule has 0 aliphatic heterocycles. The van der Waals surface area contributed by atoms with Crippen molar-refractivity contribution in [2.45, 2.75) is 11.8 Å². The predicted octanol–water partition coefficient (Wildman–Crippen LogP) is 4.89. The SMILES string of the molecule is Cc1ccc(-c2ccc(Cl)cc2)c(-c2ccc(N=Nc3cc(S(=O)(=O)O)c4ccccc4c3N)cn2)c1.[H-].[Na+]. The molecule has 0 amide bonds. The number of azo groups is 1. The molecule has 0 fully saturated rings. The minimum absolute atomic E-state index is 0. The molecule has 5 aromatic rings. The Morgan fingerprint density at radius 1 is 0.895 bits per heavy atom. The quantitative estimate of drug-likeness (QED) is 0.139. The first-order valence-electron chi connectivity index (χ1n) is 11.2. The summed E-state index contributed by atoms with van der Waals surface area (Å²) in [4.78, 5) is 4.30. The molecule has 186 valence electrons. The number of aromatic nitrogens is 1. The van der Waals surface area contributed by atoms with Gasteiger partial charge in [0, 0.05) is 21.4 Å². The summed E-state index contributed by atoms with van der Waals surface area (Å²) >= 11 is 6.06. The second-order valence-corrected chi connectivity index (χ2v) is 10.3. The van der Waals surface area contributed by atoms with Gasteiger partial charge in [-0.2, -0.15) is 8.42 Å². The molecule has 0 bridgehead atoms. The maximum absolute atomic E-state index is 12.0.